The molecule has 0 amide bonds. The van der Waals surface area contributed by atoms with E-state index >= 15 is 0 Å². The molecule has 0 saturated heterocycles. The van der Waals surface area contributed by atoms with Gasteiger partial charge in [-0.05, 0) is 43.5 Å². The lowest BCUT2D eigenvalue weighted by molar-refractivity contribution is -0.0281. The highest BCUT2D eigenvalue weighted by Crippen LogP contribution is 2.39. The summed E-state index contributed by atoms with van der Waals surface area (Å²) < 4.78 is 32.9. The van der Waals surface area contributed by atoms with Crippen LogP contribution in [0.5, 0.6) is 5.75 Å². The lowest BCUT2D eigenvalue weighted by Gasteiger charge is -2.23. The average molecular weight is 244 g/mol. The Morgan fingerprint density at radius 3 is 2.29 bits per heavy atom. The molecule has 1 rings (SSSR count). The third-order valence-corrected chi connectivity index (χ3v) is 3.06. The minimum absolute atomic E-state index is 0.00449. The Bertz CT molecular complexity index is 414. The summed E-state index contributed by atoms with van der Waals surface area (Å²) in [7, 11) is 1.52. The molecular formula is C13H18F2O2. The molecule has 17 heavy (non-hydrogen) atoms. The summed E-state index contributed by atoms with van der Waals surface area (Å²) in [6.45, 7) is 4.52. The van der Waals surface area contributed by atoms with Crippen LogP contribution in [0.25, 0.3) is 0 Å². The van der Waals surface area contributed by atoms with Gasteiger partial charge in [-0.1, -0.05) is 0 Å². The van der Waals surface area contributed by atoms with Crippen LogP contribution in [0.15, 0.2) is 6.07 Å². The molecule has 0 radical (unpaired) electrons. The molecule has 0 saturated carbocycles. The van der Waals surface area contributed by atoms with E-state index in [-0.39, 0.29) is 5.56 Å². The van der Waals surface area contributed by atoms with Crippen LogP contribution in [0.4, 0.5) is 8.78 Å². The number of hydrogen-bond acceptors (Lipinski definition) is 2. The number of methoxy groups -OCH3 is 1. The van der Waals surface area contributed by atoms with Crippen molar-refractivity contribution in [2.45, 2.75) is 33.1 Å². The Balaban J connectivity index is 3.40. The SMILES string of the molecule is COc1cc(C)c(C(F)(F)CCO)c(C)c1C. The molecular weight excluding hydrogens is 226 g/mol. The maximum atomic E-state index is 13.9. The molecule has 0 aliphatic heterocycles. The van der Waals surface area contributed by atoms with Crippen molar-refractivity contribution in [3.63, 3.8) is 0 Å². The van der Waals surface area contributed by atoms with Crippen molar-refractivity contribution >= 4 is 0 Å². The third-order valence-electron chi connectivity index (χ3n) is 3.06. The monoisotopic (exact) mass is 244 g/mol. The summed E-state index contributed by atoms with van der Waals surface area (Å²) in [6.07, 6.45) is -0.555. The number of alkyl halides is 2. The average Bonchev–Trinajstić information content (AvgIpc) is 2.23. The first-order valence-corrected chi connectivity index (χ1v) is 5.49. The number of halogens is 2. The number of ether oxygens (including phenoxy) is 1. The predicted molar refractivity (Wildman–Crippen MR) is 62.8 cm³/mol. The first-order valence-electron chi connectivity index (χ1n) is 5.49. The van der Waals surface area contributed by atoms with E-state index in [2.05, 4.69) is 0 Å². The van der Waals surface area contributed by atoms with Gasteiger partial charge in [0, 0.05) is 18.6 Å². The third kappa shape index (κ3) is 2.57. The lowest BCUT2D eigenvalue weighted by Crippen LogP contribution is -2.19. The van der Waals surface area contributed by atoms with Crippen molar-refractivity contribution < 1.29 is 18.6 Å². The van der Waals surface area contributed by atoms with Gasteiger partial charge >= 0.3 is 0 Å². The molecule has 0 aromatic heterocycles. The van der Waals surface area contributed by atoms with Crippen LogP contribution in [0, 0.1) is 20.8 Å². The fraction of sp³-hybridized carbons (Fsp3) is 0.538. The number of aryl methyl sites for hydroxylation is 1. The highest BCUT2D eigenvalue weighted by atomic mass is 19.3. The summed E-state index contributed by atoms with van der Waals surface area (Å²) in [5.41, 5.74) is 1.74. The predicted octanol–water partition coefficient (Wildman–Crippen LogP) is 3.09. The molecule has 2 nitrogen and oxygen atoms in total. The fourth-order valence-corrected chi connectivity index (χ4v) is 2.09. The first-order chi connectivity index (χ1) is 7.85. The van der Waals surface area contributed by atoms with Gasteiger partial charge in [0.15, 0.2) is 0 Å². The summed E-state index contributed by atoms with van der Waals surface area (Å²) in [5.74, 6) is -2.39. The molecule has 0 aliphatic carbocycles. The minimum Gasteiger partial charge on any atom is -0.496 e. The molecule has 1 aromatic carbocycles. The van der Waals surface area contributed by atoms with Crippen molar-refractivity contribution in [1.82, 2.24) is 0 Å². The molecule has 1 aromatic rings. The Morgan fingerprint density at radius 2 is 1.82 bits per heavy atom. The molecule has 0 atom stereocenters. The van der Waals surface area contributed by atoms with Crippen molar-refractivity contribution in [2.75, 3.05) is 13.7 Å². The summed E-state index contributed by atoms with van der Waals surface area (Å²) in [6, 6.07) is 1.61. The number of hydrogen-bond donors (Lipinski definition) is 1. The standard InChI is InChI=1S/C13H18F2O2/c1-8-7-11(17-4)9(2)10(3)12(8)13(14,15)5-6-16/h7,16H,5-6H2,1-4H3. The maximum Gasteiger partial charge on any atom is 0.275 e. The number of benzene rings is 1. The van der Waals surface area contributed by atoms with Gasteiger partial charge < -0.3 is 9.84 Å². The summed E-state index contributed by atoms with van der Waals surface area (Å²) >= 11 is 0. The van der Waals surface area contributed by atoms with Crippen molar-refractivity contribution in [2.24, 2.45) is 0 Å². The van der Waals surface area contributed by atoms with Crippen LogP contribution in [0.1, 0.15) is 28.7 Å². The molecule has 0 bridgehead atoms. The van der Waals surface area contributed by atoms with Crippen LogP contribution in [0.2, 0.25) is 0 Å². The van der Waals surface area contributed by atoms with Crippen LogP contribution in [-0.4, -0.2) is 18.8 Å². The Morgan fingerprint density at radius 1 is 1.24 bits per heavy atom. The van der Waals surface area contributed by atoms with Gasteiger partial charge in [0.05, 0.1) is 7.11 Å². The number of rotatable bonds is 4. The zero-order chi connectivity index (χ0) is 13.2. The second-order valence-electron chi connectivity index (χ2n) is 4.20. The number of aliphatic hydroxyl groups is 1. The Kier molecular flexibility index (Phi) is 4.09. The molecule has 4 heteroatoms. The van der Waals surface area contributed by atoms with Gasteiger partial charge in [0.1, 0.15) is 5.75 Å². The van der Waals surface area contributed by atoms with Crippen molar-refractivity contribution in [3.05, 3.63) is 28.3 Å². The van der Waals surface area contributed by atoms with Gasteiger partial charge in [-0.25, -0.2) is 8.78 Å². The highest BCUT2D eigenvalue weighted by Gasteiger charge is 2.35. The molecule has 1 N–H and O–H groups in total. The van der Waals surface area contributed by atoms with E-state index in [1.165, 1.54) is 7.11 Å². The van der Waals surface area contributed by atoms with Gasteiger partial charge in [-0.3, -0.25) is 0 Å². The van der Waals surface area contributed by atoms with E-state index < -0.39 is 19.0 Å². The van der Waals surface area contributed by atoms with Crippen LogP contribution >= 0.6 is 0 Å². The second-order valence-corrected chi connectivity index (χ2v) is 4.20. The van der Waals surface area contributed by atoms with E-state index in [1.807, 2.05) is 0 Å². The van der Waals surface area contributed by atoms with E-state index in [9.17, 15) is 8.78 Å². The molecule has 0 heterocycles. The molecule has 0 unspecified atom stereocenters. The quantitative estimate of drug-likeness (QED) is 0.881. The van der Waals surface area contributed by atoms with Crippen molar-refractivity contribution in [3.8, 4) is 5.75 Å². The fourth-order valence-electron chi connectivity index (χ4n) is 2.09. The van der Waals surface area contributed by atoms with Gasteiger partial charge in [-0.2, -0.15) is 0 Å². The first kappa shape index (κ1) is 13.9. The zero-order valence-electron chi connectivity index (χ0n) is 10.6. The van der Waals surface area contributed by atoms with Crippen LogP contribution in [-0.2, 0) is 5.92 Å². The maximum absolute atomic E-state index is 13.9. The summed E-state index contributed by atoms with van der Waals surface area (Å²) in [4.78, 5) is 0. The summed E-state index contributed by atoms with van der Waals surface area (Å²) in [5, 5.41) is 8.71. The normalized spacial score (nSPS) is 11.7. The number of aliphatic hydroxyl groups excluding tert-OH is 1. The van der Waals surface area contributed by atoms with E-state index in [1.54, 1.807) is 26.8 Å². The largest absolute Gasteiger partial charge is 0.496 e. The Hall–Kier alpha value is -1.16. The Labute approximate surface area is 100 Å². The molecule has 0 aliphatic rings. The molecule has 96 valence electrons. The zero-order valence-corrected chi connectivity index (χ0v) is 10.6. The lowest BCUT2D eigenvalue weighted by atomic mass is 9.91. The van der Waals surface area contributed by atoms with Gasteiger partial charge in [0.25, 0.3) is 5.92 Å². The topological polar surface area (TPSA) is 29.5 Å². The van der Waals surface area contributed by atoms with Gasteiger partial charge in [-0.15, -0.1) is 0 Å². The highest BCUT2D eigenvalue weighted by molar-refractivity contribution is 5.49. The van der Waals surface area contributed by atoms with E-state index in [4.69, 9.17) is 9.84 Å². The van der Waals surface area contributed by atoms with Gasteiger partial charge in [0.2, 0.25) is 0 Å². The minimum atomic E-state index is -3.00. The smallest absolute Gasteiger partial charge is 0.275 e. The van der Waals surface area contributed by atoms with Crippen LogP contribution < -0.4 is 4.74 Å². The second kappa shape index (κ2) is 5.00. The van der Waals surface area contributed by atoms with E-state index in [0.29, 0.717) is 22.4 Å². The van der Waals surface area contributed by atoms with Crippen molar-refractivity contribution in [1.29, 1.82) is 0 Å². The van der Waals surface area contributed by atoms with E-state index in [0.717, 1.165) is 0 Å². The molecule has 0 spiro atoms. The molecule has 0 fully saturated rings. The van der Waals surface area contributed by atoms with Crippen LogP contribution in [0.3, 0.4) is 0 Å².